The molecule has 1 aliphatic heterocycles. The van der Waals surface area contributed by atoms with Gasteiger partial charge in [0.25, 0.3) is 0 Å². The highest BCUT2D eigenvalue weighted by molar-refractivity contribution is 5.93. The monoisotopic (exact) mass is 358 g/mol. The lowest BCUT2D eigenvalue weighted by molar-refractivity contribution is 0.460. The molecule has 3 heteroatoms. The third-order valence-corrected chi connectivity index (χ3v) is 5.99. The summed E-state index contributed by atoms with van der Waals surface area (Å²) in [5.74, 6) is 1.13. The van der Waals surface area contributed by atoms with Gasteiger partial charge in [-0.25, -0.2) is 0 Å². The molecule has 0 atom stereocenters. The number of furan rings is 1. The summed E-state index contributed by atoms with van der Waals surface area (Å²) in [5.41, 5.74) is 7.55. The average molecular weight is 358 g/mol. The lowest BCUT2D eigenvalue weighted by atomic mass is 9.88. The van der Waals surface area contributed by atoms with Gasteiger partial charge in [0.15, 0.2) is 0 Å². The van der Waals surface area contributed by atoms with Crippen LogP contribution in [0.2, 0.25) is 0 Å². The average Bonchev–Trinajstić information content (AvgIpc) is 3.31. The predicted molar refractivity (Wildman–Crippen MR) is 112 cm³/mol. The highest BCUT2D eigenvalue weighted by Gasteiger charge is 2.20. The number of nitrogens with one attached hydrogen (secondary N) is 2. The van der Waals surface area contributed by atoms with Crippen molar-refractivity contribution in [1.29, 1.82) is 0 Å². The number of hydrogen-bond donors (Lipinski definition) is 2. The number of fused-ring (bicyclic) bond motifs is 2. The number of benzene rings is 2. The molecule has 3 heterocycles. The second-order valence-electron chi connectivity index (χ2n) is 8.07. The van der Waals surface area contributed by atoms with Gasteiger partial charge in [-0.3, -0.25) is 0 Å². The maximum Gasteiger partial charge on any atom is 0.133 e. The standard InChI is InChI=1S/C24H26N2O/c1-15(2)23-20-14-17(16-7-10-25-11-8-16)3-5-21(20)26-24(23)19-4-6-22-18(13-19)9-12-27-22/h3-6,9,12-16,25-26H,7-8,10-11H2,1-2H3. The molecule has 0 bridgehead atoms. The molecular formula is C24H26N2O. The van der Waals surface area contributed by atoms with Gasteiger partial charge >= 0.3 is 0 Å². The summed E-state index contributed by atoms with van der Waals surface area (Å²) in [7, 11) is 0. The topological polar surface area (TPSA) is 41.0 Å². The van der Waals surface area contributed by atoms with E-state index in [1.165, 1.54) is 46.1 Å². The Morgan fingerprint density at radius 3 is 2.67 bits per heavy atom. The van der Waals surface area contributed by atoms with Crippen LogP contribution in [-0.4, -0.2) is 18.1 Å². The summed E-state index contributed by atoms with van der Waals surface area (Å²) in [6.45, 7) is 6.84. The van der Waals surface area contributed by atoms with E-state index in [0.29, 0.717) is 11.8 Å². The summed E-state index contributed by atoms with van der Waals surface area (Å²) >= 11 is 0. The maximum atomic E-state index is 5.51. The molecule has 1 saturated heterocycles. The molecule has 0 saturated carbocycles. The quantitative estimate of drug-likeness (QED) is 0.460. The van der Waals surface area contributed by atoms with E-state index in [2.05, 4.69) is 60.5 Å². The molecule has 2 aromatic heterocycles. The van der Waals surface area contributed by atoms with Gasteiger partial charge < -0.3 is 14.7 Å². The fraction of sp³-hybridized carbons (Fsp3) is 0.333. The smallest absolute Gasteiger partial charge is 0.133 e. The Kier molecular flexibility index (Phi) is 4.05. The van der Waals surface area contributed by atoms with E-state index >= 15 is 0 Å². The maximum absolute atomic E-state index is 5.51. The van der Waals surface area contributed by atoms with Crippen LogP contribution in [-0.2, 0) is 0 Å². The molecule has 0 spiro atoms. The van der Waals surface area contributed by atoms with Gasteiger partial charge in [0, 0.05) is 22.0 Å². The molecule has 0 aliphatic carbocycles. The molecule has 138 valence electrons. The first kappa shape index (κ1) is 16.6. The van der Waals surface area contributed by atoms with E-state index in [1.807, 2.05) is 6.07 Å². The Bertz CT molecular complexity index is 1100. The zero-order valence-corrected chi connectivity index (χ0v) is 16.0. The van der Waals surface area contributed by atoms with Crippen LogP contribution in [0.3, 0.4) is 0 Å². The Morgan fingerprint density at radius 1 is 1.00 bits per heavy atom. The molecule has 0 unspecified atom stereocenters. The van der Waals surface area contributed by atoms with Crippen LogP contribution in [0.5, 0.6) is 0 Å². The van der Waals surface area contributed by atoms with Gasteiger partial charge in [-0.1, -0.05) is 19.9 Å². The lowest BCUT2D eigenvalue weighted by Gasteiger charge is -2.23. The first-order chi connectivity index (χ1) is 13.2. The molecule has 4 aromatic rings. The minimum absolute atomic E-state index is 0.456. The van der Waals surface area contributed by atoms with Crippen molar-refractivity contribution in [2.24, 2.45) is 0 Å². The van der Waals surface area contributed by atoms with Crippen molar-refractivity contribution in [3.8, 4) is 11.3 Å². The van der Waals surface area contributed by atoms with E-state index in [1.54, 1.807) is 6.26 Å². The Morgan fingerprint density at radius 2 is 1.85 bits per heavy atom. The zero-order chi connectivity index (χ0) is 18.4. The Hall–Kier alpha value is -2.52. The van der Waals surface area contributed by atoms with Crippen molar-refractivity contribution >= 4 is 21.9 Å². The van der Waals surface area contributed by atoms with Crippen LogP contribution in [0, 0.1) is 0 Å². The van der Waals surface area contributed by atoms with Crippen LogP contribution in [0.15, 0.2) is 53.1 Å². The van der Waals surface area contributed by atoms with Crippen LogP contribution in [0.25, 0.3) is 33.1 Å². The van der Waals surface area contributed by atoms with Gasteiger partial charge in [0.1, 0.15) is 5.58 Å². The van der Waals surface area contributed by atoms with Gasteiger partial charge in [0.05, 0.1) is 6.26 Å². The normalized spacial score (nSPS) is 16.0. The second kappa shape index (κ2) is 6.58. The number of H-pyrrole nitrogens is 1. The van der Waals surface area contributed by atoms with Crippen molar-refractivity contribution in [3.05, 3.63) is 59.9 Å². The summed E-state index contributed by atoms with van der Waals surface area (Å²) in [4.78, 5) is 3.71. The Labute approximate surface area is 159 Å². The second-order valence-corrected chi connectivity index (χ2v) is 8.07. The number of aromatic amines is 1. The molecule has 1 aliphatic rings. The first-order valence-electron chi connectivity index (χ1n) is 10.0. The van der Waals surface area contributed by atoms with Crippen molar-refractivity contribution in [2.75, 3.05) is 13.1 Å². The molecule has 5 rings (SSSR count). The van der Waals surface area contributed by atoms with Crippen LogP contribution in [0.4, 0.5) is 0 Å². The summed E-state index contributed by atoms with van der Waals surface area (Å²) in [6.07, 6.45) is 4.22. The van der Waals surface area contributed by atoms with Gasteiger partial charge in [-0.15, -0.1) is 0 Å². The minimum atomic E-state index is 0.456. The molecule has 1 fully saturated rings. The summed E-state index contributed by atoms with van der Waals surface area (Å²) in [5, 5.41) is 6.00. The SMILES string of the molecule is CC(C)c1c(-c2ccc3occc3c2)[nH]c2ccc(C3CCNCC3)cc12. The largest absolute Gasteiger partial charge is 0.464 e. The van der Waals surface area contributed by atoms with Crippen LogP contribution >= 0.6 is 0 Å². The first-order valence-corrected chi connectivity index (χ1v) is 10.0. The summed E-state index contributed by atoms with van der Waals surface area (Å²) in [6, 6.07) is 15.5. The molecule has 2 aromatic carbocycles. The lowest BCUT2D eigenvalue weighted by Crippen LogP contribution is -2.26. The van der Waals surface area contributed by atoms with E-state index in [9.17, 15) is 0 Å². The van der Waals surface area contributed by atoms with E-state index in [-0.39, 0.29) is 0 Å². The summed E-state index contributed by atoms with van der Waals surface area (Å²) < 4.78 is 5.51. The third kappa shape index (κ3) is 2.87. The predicted octanol–water partition coefficient (Wildman–Crippen LogP) is 6.17. The highest BCUT2D eigenvalue weighted by Crippen LogP contribution is 2.38. The van der Waals surface area contributed by atoms with Crippen molar-refractivity contribution in [2.45, 2.75) is 38.5 Å². The third-order valence-electron chi connectivity index (χ3n) is 5.99. The van der Waals surface area contributed by atoms with Crippen LogP contribution in [0.1, 0.15) is 49.7 Å². The van der Waals surface area contributed by atoms with Gasteiger partial charge in [-0.05, 0) is 90.9 Å². The minimum Gasteiger partial charge on any atom is -0.464 e. The highest BCUT2D eigenvalue weighted by atomic mass is 16.3. The fourth-order valence-corrected chi connectivity index (χ4v) is 4.59. The van der Waals surface area contributed by atoms with Crippen molar-refractivity contribution in [3.63, 3.8) is 0 Å². The molecule has 0 amide bonds. The number of piperidine rings is 1. The number of aromatic nitrogens is 1. The molecule has 2 N–H and O–H groups in total. The fourth-order valence-electron chi connectivity index (χ4n) is 4.59. The molecular weight excluding hydrogens is 332 g/mol. The van der Waals surface area contributed by atoms with E-state index in [4.69, 9.17) is 4.42 Å². The number of hydrogen-bond acceptors (Lipinski definition) is 2. The van der Waals surface area contributed by atoms with E-state index < -0.39 is 0 Å². The molecule has 0 radical (unpaired) electrons. The van der Waals surface area contributed by atoms with E-state index in [0.717, 1.165) is 24.1 Å². The van der Waals surface area contributed by atoms with Gasteiger partial charge in [0.2, 0.25) is 0 Å². The molecule has 3 nitrogen and oxygen atoms in total. The molecule has 27 heavy (non-hydrogen) atoms. The number of rotatable bonds is 3. The van der Waals surface area contributed by atoms with Gasteiger partial charge in [-0.2, -0.15) is 0 Å². The zero-order valence-electron chi connectivity index (χ0n) is 16.0. The van der Waals surface area contributed by atoms with Crippen molar-refractivity contribution < 1.29 is 4.42 Å². The van der Waals surface area contributed by atoms with Crippen molar-refractivity contribution in [1.82, 2.24) is 10.3 Å². The van der Waals surface area contributed by atoms with Crippen LogP contribution < -0.4 is 5.32 Å². The Balaban J connectivity index is 1.66.